The van der Waals surface area contributed by atoms with E-state index in [1.807, 2.05) is 12.1 Å². The molecule has 0 fully saturated rings. The third-order valence-electron chi connectivity index (χ3n) is 2.98. The molecule has 0 aromatic heterocycles. The average molecular weight is 280 g/mol. The van der Waals surface area contributed by atoms with Crippen LogP contribution in [0.1, 0.15) is 17.2 Å². The highest BCUT2D eigenvalue weighted by molar-refractivity contribution is 6.30. The quantitative estimate of drug-likeness (QED) is 0.925. The SMILES string of the molecule is COc1ccc(C(N)Cc2ccc(Cl)cc2)c(F)c1. The summed E-state index contributed by atoms with van der Waals surface area (Å²) in [5.74, 6) is 0.140. The minimum atomic E-state index is -0.396. The van der Waals surface area contributed by atoms with Crippen molar-refractivity contribution in [1.82, 2.24) is 0 Å². The molecule has 0 saturated heterocycles. The molecule has 1 atom stereocenters. The first-order chi connectivity index (χ1) is 9.10. The van der Waals surface area contributed by atoms with Crippen molar-refractivity contribution in [3.05, 3.63) is 64.4 Å². The Kier molecular flexibility index (Phi) is 4.40. The van der Waals surface area contributed by atoms with Crippen molar-refractivity contribution in [2.24, 2.45) is 5.73 Å². The molecule has 0 aliphatic rings. The summed E-state index contributed by atoms with van der Waals surface area (Å²) < 4.78 is 18.8. The zero-order chi connectivity index (χ0) is 13.8. The van der Waals surface area contributed by atoms with Crippen molar-refractivity contribution in [1.29, 1.82) is 0 Å². The Morgan fingerprint density at radius 2 is 1.89 bits per heavy atom. The molecule has 19 heavy (non-hydrogen) atoms. The van der Waals surface area contributed by atoms with Gasteiger partial charge in [-0.2, -0.15) is 0 Å². The lowest BCUT2D eigenvalue weighted by molar-refractivity contribution is 0.410. The van der Waals surface area contributed by atoms with Crippen molar-refractivity contribution in [2.45, 2.75) is 12.5 Å². The highest BCUT2D eigenvalue weighted by Crippen LogP contribution is 2.23. The highest BCUT2D eigenvalue weighted by atomic mass is 35.5. The minimum absolute atomic E-state index is 0.346. The van der Waals surface area contributed by atoms with Gasteiger partial charge in [-0.25, -0.2) is 4.39 Å². The molecule has 0 spiro atoms. The van der Waals surface area contributed by atoms with Crippen LogP contribution >= 0.6 is 11.6 Å². The monoisotopic (exact) mass is 279 g/mol. The summed E-state index contributed by atoms with van der Waals surface area (Å²) >= 11 is 5.82. The summed E-state index contributed by atoms with van der Waals surface area (Å²) in [6, 6.07) is 11.7. The van der Waals surface area contributed by atoms with Crippen LogP contribution in [0.4, 0.5) is 4.39 Å². The van der Waals surface area contributed by atoms with Gasteiger partial charge in [0.25, 0.3) is 0 Å². The molecular weight excluding hydrogens is 265 g/mol. The van der Waals surface area contributed by atoms with Crippen LogP contribution in [0.2, 0.25) is 5.02 Å². The lowest BCUT2D eigenvalue weighted by Crippen LogP contribution is -2.15. The van der Waals surface area contributed by atoms with Crippen LogP contribution in [-0.4, -0.2) is 7.11 Å². The first kappa shape index (κ1) is 13.8. The molecule has 2 aromatic rings. The Balaban J connectivity index is 2.15. The van der Waals surface area contributed by atoms with Gasteiger partial charge in [0, 0.05) is 22.7 Å². The summed E-state index contributed by atoms with van der Waals surface area (Å²) in [6.45, 7) is 0. The number of benzene rings is 2. The number of methoxy groups -OCH3 is 1. The number of ether oxygens (including phenoxy) is 1. The van der Waals surface area contributed by atoms with Crippen LogP contribution in [-0.2, 0) is 6.42 Å². The van der Waals surface area contributed by atoms with Crippen LogP contribution in [0.25, 0.3) is 0 Å². The summed E-state index contributed by atoms with van der Waals surface area (Å²) in [5.41, 5.74) is 7.55. The molecule has 0 bridgehead atoms. The molecule has 4 heteroatoms. The minimum Gasteiger partial charge on any atom is -0.497 e. The lowest BCUT2D eigenvalue weighted by atomic mass is 9.99. The van der Waals surface area contributed by atoms with Gasteiger partial charge >= 0.3 is 0 Å². The number of hydrogen-bond acceptors (Lipinski definition) is 2. The third kappa shape index (κ3) is 3.46. The molecule has 2 nitrogen and oxygen atoms in total. The molecule has 2 N–H and O–H groups in total. The standard InChI is InChI=1S/C15H15ClFNO/c1-19-12-6-7-13(14(17)9-12)15(18)8-10-2-4-11(16)5-3-10/h2-7,9,15H,8,18H2,1H3. The molecule has 2 aromatic carbocycles. The molecule has 1 unspecified atom stereocenters. The van der Waals surface area contributed by atoms with Gasteiger partial charge in [0.1, 0.15) is 11.6 Å². The Bertz CT molecular complexity index is 557. The fraction of sp³-hybridized carbons (Fsp3) is 0.200. The van der Waals surface area contributed by atoms with Crippen molar-refractivity contribution in [2.75, 3.05) is 7.11 Å². The first-order valence-corrected chi connectivity index (χ1v) is 6.31. The molecule has 100 valence electrons. The van der Waals surface area contributed by atoms with Crippen LogP contribution < -0.4 is 10.5 Å². The summed E-state index contributed by atoms with van der Waals surface area (Å²) in [5, 5.41) is 0.674. The number of nitrogens with two attached hydrogens (primary N) is 1. The number of hydrogen-bond donors (Lipinski definition) is 1. The first-order valence-electron chi connectivity index (χ1n) is 5.93. The Labute approximate surface area is 117 Å². The lowest BCUT2D eigenvalue weighted by Gasteiger charge is -2.14. The summed E-state index contributed by atoms with van der Waals surface area (Å²) in [4.78, 5) is 0. The molecule has 0 radical (unpaired) electrons. The van der Waals surface area contributed by atoms with E-state index in [-0.39, 0.29) is 5.82 Å². The largest absolute Gasteiger partial charge is 0.497 e. The molecule has 0 heterocycles. The fourth-order valence-corrected chi connectivity index (χ4v) is 2.05. The number of rotatable bonds is 4. The fourth-order valence-electron chi connectivity index (χ4n) is 1.92. The average Bonchev–Trinajstić information content (AvgIpc) is 2.41. The van der Waals surface area contributed by atoms with E-state index in [0.717, 1.165) is 5.56 Å². The molecule has 0 aliphatic heterocycles. The maximum absolute atomic E-state index is 13.9. The van der Waals surface area contributed by atoms with Crippen molar-refractivity contribution in [3.63, 3.8) is 0 Å². The topological polar surface area (TPSA) is 35.2 Å². The van der Waals surface area contributed by atoms with Crippen molar-refractivity contribution < 1.29 is 9.13 Å². The Morgan fingerprint density at radius 3 is 2.47 bits per heavy atom. The van der Waals surface area contributed by atoms with Crippen LogP contribution in [0.15, 0.2) is 42.5 Å². The Hall–Kier alpha value is -1.58. The second kappa shape index (κ2) is 6.04. The molecule has 2 rings (SSSR count). The van der Waals surface area contributed by atoms with E-state index >= 15 is 0 Å². The predicted molar refractivity (Wildman–Crippen MR) is 75.0 cm³/mol. The normalized spacial score (nSPS) is 12.2. The van der Waals surface area contributed by atoms with Gasteiger partial charge in [-0.1, -0.05) is 29.8 Å². The maximum Gasteiger partial charge on any atom is 0.131 e. The van der Waals surface area contributed by atoms with Crippen molar-refractivity contribution in [3.8, 4) is 5.75 Å². The van der Waals surface area contributed by atoms with E-state index in [2.05, 4.69) is 0 Å². The van der Waals surface area contributed by atoms with Crippen molar-refractivity contribution >= 4 is 11.6 Å². The predicted octanol–water partition coefficient (Wildman–Crippen LogP) is 3.73. The molecule has 0 amide bonds. The van der Waals surface area contributed by atoms with E-state index in [1.165, 1.54) is 13.2 Å². The van der Waals surface area contributed by atoms with Crippen LogP contribution in [0.3, 0.4) is 0 Å². The molecule has 0 aliphatic carbocycles. The highest BCUT2D eigenvalue weighted by Gasteiger charge is 2.13. The van der Waals surface area contributed by atoms with Gasteiger partial charge in [0.15, 0.2) is 0 Å². The summed E-state index contributed by atoms with van der Waals surface area (Å²) in [7, 11) is 1.50. The van der Waals surface area contributed by atoms with E-state index in [9.17, 15) is 4.39 Å². The van der Waals surface area contributed by atoms with E-state index in [1.54, 1.807) is 24.3 Å². The second-order valence-corrected chi connectivity index (χ2v) is 4.76. The van der Waals surface area contributed by atoms with Gasteiger partial charge in [0.05, 0.1) is 7.11 Å². The smallest absolute Gasteiger partial charge is 0.131 e. The second-order valence-electron chi connectivity index (χ2n) is 4.32. The van der Waals surface area contributed by atoms with Crippen LogP contribution in [0.5, 0.6) is 5.75 Å². The van der Waals surface area contributed by atoms with Gasteiger partial charge in [-0.3, -0.25) is 0 Å². The maximum atomic E-state index is 13.9. The summed E-state index contributed by atoms with van der Waals surface area (Å²) in [6.07, 6.45) is 0.556. The van der Waals surface area contributed by atoms with E-state index in [0.29, 0.717) is 22.8 Å². The zero-order valence-electron chi connectivity index (χ0n) is 10.6. The molecule has 0 saturated carbocycles. The van der Waals surface area contributed by atoms with E-state index < -0.39 is 6.04 Å². The van der Waals surface area contributed by atoms with Gasteiger partial charge in [0.2, 0.25) is 0 Å². The zero-order valence-corrected chi connectivity index (χ0v) is 11.3. The molecular formula is C15H15ClFNO. The van der Waals surface area contributed by atoms with Gasteiger partial charge < -0.3 is 10.5 Å². The Morgan fingerprint density at radius 1 is 1.21 bits per heavy atom. The van der Waals surface area contributed by atoms with Gasteiger partial charge in [-0.05, 0) is 30.2 Å². The third-order valence-corrected chi connectivity index (χ3v) is 3.23. The van der Waals surface area contributed by atoms with E-state index in [4.69, 9.17) is 22.1 Å². The van der Waals surface area contributed by atoms with Crippen LogP contribution in [0, 0.1) is 5.82 Å². The van der Waals surface area contributed by atoms with Gasteiger partial charge in [-0.15, -0.1) is 0 Å². The number of halogens is 2.